The van der Waals surface area contributed by atoms with Gasteiger partial charge < -0.3 is 230 Å². The van der Waals surface area contributed by atoms with E-state index in [1.807, 2.05) is 0 Å². The minimum Gasteiger partial charge on any atom is -0.394 e. The van der Waals surface area contributed by atoms with Crippen LogP contribution < -0.4 is 31.9 Å². The van der Waals surface area contributed by atoms with Crippen molar-refractivity contribution in [2.75, 3.05) is 66.1 Å². The van der Waals surface area contributed by atoms with Crippen molar-refractivity contribution in [2.24, 2.45) is 0 Å². The van der Waals surface area contributed by atoms with Gasteiger partial charge in [0.25, 0.3) is 0 Å². The molecule has 8 rings (SSSR count). The standard InChI is InChI=1S/C66H112N6O46/c1-17(81)67-23(7-73)53(38(88)24(87)15-103-60-36(71-21(5)85)46(96)54(28(11-77)108-60)116-64-50(100)48(98)56(30(13-79)110-64)114-61-34(69-19(3)83)44(94)40(90)26(9-75)106-61)113-66-52(102)58(42(92)32(112-66)16-104-59-33(68-18(2)82)43(93)39(89)25(8-74)105-59)118-63-37(72-22(6)86)47(97)55(29(12-78)109-63)117-65-51(101)49(99)57(31(14-80)111-65)115-62-35(70-20(4)84)45(95)41(91)27(10-76)107-62/h23-66,73-80,87-102H,7-16H2,1-6H3,(H,67,81)(H,68,82)(H,69,83)(H,70,84)(H,71,85)(H,72,86)/t23-,24+,25+,26+,27+,28+,29+,30+,31+,32+,33+,34+,35+,36+,37+,38-,39+,40+,41+,42-,43+,44+,45+,46+,47+,48+,49+,50+,51+,52+,53+,54+,55+,56-,57-,58-,59+,60+,61+,62+,63-,64-,65-,66-/m0/s1. The number of hydrogen-bond donors (Lipinski definition) is 30. The number of aliphatic hydroxyl groups is 24. The highest BCUT2D eigenvalue weighted by molar-refractivity contribution is 5.75. The van der Waals surface area contributed by atoms with E-state index in [0.29, 0.717) is 0 Å². The zero-order chi connectivity index (χ0) is 87.5. The fourth-order valence-electron chi connectivity index (χ4n) is 14.8. The van der Waals surface area contributed by atoms with Gasteiger partial charge in [-0.1, -0.05) is 0 Å². The van der Waals surface area contributed by atoms with Crippen molar-refractivity contribution >= 4 is 35.4 Å². The summed E-state index contributed by atoms with van der Waals surface area (Å²) in [4.78, 5) is 75.5. The van der Waals surface area contributed by atoms with Gasteiger partial charge in [-0.05, 0) is 0 Å². The van der Waals surface area contributed by atoms with E-state index in [2.05, 4.69) is 31.9 Å². The van der Waals surface area contributed by atoms with Gasteiger partial charge >= 0.3 is 0 Å². The van der Waals surface area contributed by atoms with Crippen LogP contribution in [0.4, 0.5) is 0 Å². The third-order valence-electron chi connectivity index (χ3n) is 20.8. The molecule has 0 radical (unpaired) electrons. The summed E-state index contributed by atoms with van der Waals surface area (Å²) in [7, 11) is 0. The molecule has 8 saturated heterocycles. The summed E-state index contributed by atoms with van der Waals surface area (Å²) in [6.45, 7) is -4.93. The number of carbonyl (C=O) groups excluding carboxylic acids is 6. The first-order chi connectivity index (χ1) is 55.7. The average Bonchev–Trinajstić information content (AvgIpc) is 0.771. The number of aliphatic hydroxyl groups excluding tert-OH is 24. The van der Waals surface area contributed by atoms with Crippen LogP contribution in [0.15, 0.2) is 0 Å². The van der Waals surface area contributed by atoms with Gasteiger partial charge in [0.2, 0.25) is 35.4 Å². The van der Waals surface area contributed by atoms with Crippen molar-refractivity contribution in [1.82, 2.24) is 31.9 Å². The molecule has 0 aliphatic carbocycles. The molecule has 8 fully saturated rings. The number of amides is 6. The first kappa shape index (κ1) is 98.7. The topological polar surface area (TPSA) is 808 Å². The van der Waals surface area contributed by atoms with Crippen LogP contribution in [0.2, 0.25) is 0 Å². The molecule has 8 aliphatic rings. The third kappa shape index (κ3) is 23.2. The lowest BCUT2D eigenvalue weighted by atomic mass is 9.94. The van der Waals surface area contributed by atoms with E-state index in [-0.39, 0.29) is 0 Å². The molecule has 0 aromatic rings. The molecule has 44 atom stereocenters. The smallest absolute Gasteiger partial charge is 0.217 e. The molecule has 0 spiro atoms. The number of nitrogens with one attached hydrogen (secondary N) is 6. The molecule has 8 aliphatic heterocycles. The van der Waals surface area contributed by atoms with Crippen molar-refractivity contribution in [3.05, 3.63) is 0 Å². The molecule has 6 amide bonds. The van der Waals surface area contributed by atoms with Gasteiger partial charge in [-0.15, -0.1) is 0 Å². The Morgan fingerprint density at radius 1 is 0.297 bits per heavy atom. The summed E-state index contributed by atoms with van der Waals surface area (Å²) < 4.78 is 94.0. The summed E-state index contributed by atoms with van der Waals surface area (Å²) in [5, 5.41) is 281. The van der Waals surface area contributed by atoms with Crippen molar-refractivity contribution in [3.63, 3.8) is 0 Å². The summed E-state index contributed by atoms with van der Waals surface area (Å²) >= 11 is 0. The quantitative estimate of drug-likeness (QED) is 0.0280. The van der Waals surface area contributed by atoms with Crippen LogP contribution in [0.3, 0.4) is 0 Å². The minimum absolute atomic E-state index is 0.768. The van der Waals surface area contributed by atoms with Gasteiger partial charge in [0.1, 0.15) is 213 Å². The third-order valence-corrected chi connectivity index (χ3v) is 20.8. The highest BCUT2D eigenvalue weighted by atomic mass is 16.8. The summed E-state index contributed by atoms with van der Waals surface area (Å²) in [5.74, 6) is -5.27. The van der Waals surface area contributed by atoms with Gasteiger partial charge in [0, 0.05) is 41.5 Å². The zero-order valence-electron chi connectivity index (χ0n) is 64.2. The SMILES string of the molecule is CC(=O)N[C@H]1[C@H](OC[C@@H](O)[C@H](O)[C@H](O[C@@H]2O[C@H](CO[C@@H]3O[C@H](CO)[C@@H](O)[C@H](O)[C@H]3NC(C)=O)[C@H](O)[C@H](O[C@@H]3O[C@H](CO)[C@@H](O[C@@H]4O[C@H](CO)[C@H](O[C@H]5O[C@H](CO)[C@@H](O)[C@H](O)[C@H]5NC(C)=O)[C@H](O)[C@H]4O)[C@H](O)[C@H]3NC(C)=O)[C@H]2O)[C@H](CO)NC(C)=O)O[C@H](CO)[C@@H](O[C@@H]2O[C@H](CO)[C@H](O[C@H]3O[C@H](CO)[C@@H](O)[C@H](O)[C@H]3NC(C)=O)[C@H](O)[C@H]2O)[C@@H]1O. The second kappa shape index (κ2) is 44.2. The fourth-order valence-corrected chi connectivity index (χ4v) is 14.8. The van der Waals surface area contributed by atoms with Gasteiger partial charge in [0.05, 0.1) is 72.1 Å². The number of carbonyl (C=O) groups is 6. The fraction of sp³-hybridized carbons (Fsp3) is 0.909. The Balaban J connectivity index is 1.04. The highest BCUT2D eigenvalue weighted by Crippen LogP contribution is 2.39. The minimum atomic E-state index is -2.55. The highest BCUT2D eigenvalue weighted by Gasteiger charge is 2.60. The molecule has 8 heterocycles. The van der Waals surface area contributed by atoms with E-state index in [4.69, 9.17) is 75.8 Å². The second-order valence-corrected chi connectivity index (χ2v) is 29.4. The number of hydrogen-bond acceptors (Lipinski definition) is 46. The lowest BCUT2D eigenvalue weighted by Gasteiger charge is -2.50. The monoisotopic (exact) mass is 1720 g/mol. The Morgan fingerprint density at radius 3 is 0.941 bits per heavy atom. The predicted octanol–water partition coefficient (Wildman–Crippen LogP) is -20.1. The van der Waals surface area contributed by atoms with Gasteiger partial charge in [-0.3, -0.25) is 28.8 Å². The van der Waals surface area contributed by atoms with Crippen molar-refractivity contribution < 1.29 is 227 Å². The Labute approximate surface area is 670 Å². The van der Waals surface area contributed by atoms with Crippen LogP contribution in [0.1, 0.15) is 41.5 Å². The van der Waals surface area contributed by atoms with Crippen LogP contribution in [-0.4, -0.2) is 494 Å². The van der Waals surface area contributed by atoms with E-state index >= 15 is 0 Å². The molecule has 0 aromatic carbocycles. The van der Waals surface area contributed by atoms with E-state index in [0.717, 1.165) is 41.5 Å². The zero-order valence-corrected chi connectivity index (χ0v) is 64.2. The maximum atomic E-state index is 13.1. The lowest BCUT2D eigenvalue weighted by Crippen LogP contribution is -2.70. The molecule has 0 saturated carbocycles. The Bertz CT molecular complexity index is 3170. The van der Waals surface area contributed by atoms with E-state index < -0.39 is 371 Å². The van der Waals surface area contributed by atoms with Crippen LogP contribution in [0.25, 0.3) is 0 Å². The Hall–Kier alpha value is -4.78. The average molecular weight is 1730 g/mol. The number of rotatable bonds is 35. The van der Waals surface area contributed by atoms with Gasteiger partial charge in [-0.2, -0.15) is 0 Å². The molecule has 52 nitrogen and oxygen atoms in total. The van der Waals surface area contributed by atoms with E-state index in [1.165, 1.54) is 0 Å². The maximum absolute atomic E-state index is 13.1. The van der Waals surface area contributed by atoms with Crippen LogP contribution in [0, 0.1) is 0 Å². The molecular weight excluding hydrogens is 1610 g/mol. The van der Waals surface area contributed by atoms with Gasteiger partial charge in [0.15, 0.2) is 50.3 Å². The van der Waals surface area contributed by atoms with Crippen LogP contribution >= 0.6 is 0 Å². The van der Waals surface area contributed by atoms with Crippen LogP contribution in [0.5, 0.6) is 0 Å². The second-order valence-electron chi connectivity index (χ2n) is 29.4. The van der Waals surface area contributed by atoms with E-state index in [9.17, 15) is 151 Å². The predicted molar refractivity (Wildman–Crippen MR) is 369 cm³/mol. The summed E-state index contributed by atoms with van der Waals surface area (Å²) in [6.07, 6.45) is -77.2. The molecular formula is C66H112N6O46. The maximum Gasteiger partial charge on any atom is 0.217 e. The molecule has 52 heteroatoms. The Kier molecular flexibility index (Phi) is 37.0. The molecule has 682 valence electrons. The normalized spacial score (nSPS) is 44.1. The van der Waals surface area contributed by atoms with E-state index in [1.54, 1.807) is 0 Å². The van der Waals surface area contributed by atoms with Crippen LogP contribution in [-0.2, 0) is 105 Å². The molecule has 118 heavy (non-hydrogen) atoms. The first-order valence-corrected chi connectivity index (χ1v) is 37.5. The molecule has 30 N–H and O–H groups in total. The summed E-state index contributed by atoms with van der Waals surface area (Å²) in [6, 6.07) is -10.7. The molecule has 0 unspecified atom stereocenters. The van der Waals surface area contributed by atoms with Gasteiger partial charge in [-0.25, -0.2) is 0 Å². The molecule has 0 aromatic heterocycles. The summed E-state index contributed by atoms with van der Waals surface area (Å²) in [5.41, 5.74) is 0. The lowest BCUT2D eigenvalue weighted by molar-refractivity contribution is -0.380. The van der Waals surface area contributed by atoms with Crippen molar-refractivity contribution in [3.8, 4) is 0 Å². The Morgan fingerprint density at radius 2 is 0.585 bits per heavy atom. The van der Waals surface area contributed by atoms with Crippen molar-refractivity contribution in [2.45, 2.75) is 311 Å². The largest absolute Gasteiger partial charge is 0.394 e. The van der Waals surface area contributed by atoms with Crippen molar-refractivity contribution in [1.29, 1.82) is 0 Å². The number of ether oxygens (including phenoxy) is 16. The molecule has 0 bridgehead atoms. The first-order valence-electron chi connectivity index (χ1n) is 37.5.